The lowest BCUT2D eigenvalue weighted by Gasteiger charge is -2.23. The molecule has 0 saturated heterocycles. The van der Waals surface area contributed by atoms with Crippen molar-refractivity contribution in [2.24, 2.45) is 0 Å². The summed E-state index contributed by atoms with van der Waals surface area (Å²) in [5, 5.41) is 0. The van der Waals surface area contributed by atoms with Crippen molar-refractivity contribution in [3.63, 3.8) is 0 Å². The number of pyridine rings is 1. The Morgan fingerprint density at radius 3 is 2.90 bits per heavy atom. The second-order valence-corrected chi connectivity index (χ2v) is 5.82. The van der Waals surface area contributed by atoms with Gasteiger partial charge in [-0.1, -0.05) is 18.9 Å². The third-order valence-corrected chi connectivity index (χ3v) is 4.30. The minimum Gasteiger partial charge on any atom is -0.298 e. The Hall–Kier alpha value is -1.68. The van der Waals surface area contributed by atoms with Gasteiger partial charge in [-0.3, -0.25) is 14.1 Å². The predicted octanol–water partition coefficient (Wildman–Crippen LogP) is 2.38. The molecule has 20 heavy (non-hydrogen) atoms. The molecule has 2 heterocycles. The summed E-state index contributed by atoms with van der Waals surface area (Å²) >= 11 is 0. The molecule has 1 aliphatic carbocycles. The second kappa shape index (κ2) is 5.37. The van der Waals surface area contributed by atoms with Crippen LogP contribution in [0.15, 0.2) is 29.2 Å². The monoisotopic (exact) mass is 271 g/mol. The minimum absolute atomic E-state index is 0.00789. The van der Waals surface area contributed by atoms with Crippen molar-refractivity contribution in [2.45, 2.75) is 45.2 Å². The lowest BCUT2D eigenvalue weighted by Crippen LogP contribution is -2.30. The summed E-state index contributed by atoms with van der Waals surface area (Å²) in [6.45, 7) is 2.75. The Morgan fingerprint density at radius 2 is 2.15 bits per heavy atom. The molecular formula is C16H21N3O. The van der Waals surface area contributed by atoms with E-state index in [0.717, 1.165) is 23.4 Å². The van der Waals surface area contributed by atoms with Gasteiger partial charge >= 0.3 is 0 Å². The molecule has 1 saturated carbocycles. The maximum atomic E-state index is 12.2. The molecule has 0 N–H and O–H groups in total. The summed E-state index contributed by atoms with van der Waals surface area (Å²) in [4.78, 5) is 19.2. The molecule has 0 aromatic carbocycles. The number of hydrogen-bond donors (Lipinski definition) is 0. The number of hydrogen-bond acceptors (Lipinski definition) is 3. The summed E-state index contributed by atoms with van der Waals surface area (Å²) in [6.07, 6.45) is 6.95. The maximum Gasteiger partial charge on any atom is 0.258 e. The summed E-state index contributed by atoms with van der Waals surface area (Å²) < 4.78 is 1.62. The van der Waals surface area contributed by atoms with Crippen LogP contribution >= 0.6 is 0 Å². The van der Waals surface area contributed by atoms with Crippen LogP contribution in [0, 0.1) is 6.92 Å². The fourth-order valence-corrected chi connectivity index (χ4v) is 3.12. The van der Waals surface area contributed by atoms with Gasteiger partial charge in [-0.2, -0.15) is 0 Å². The summed E-state index contributed by atoms with van der Waals surface area (Å²) in [6, 6.07) is 6.19. The molecule has 2 aromatic rings. The molecule has 4 nitrogen and oxygen atoms in total. The van der Waals surface area contributed by atoms with Gasteiger partial charge in [-0.15, -0.1) is 0 Å². The molecule has 0 spiro atoms. The number of aryl methyl sites for hydroxylation is 1. The zero-order chi connectivity index (χ0) is 14.1. The predicted molar refractivity (Wildman–Crippen MR) is 79.9 cm³/mol. The highest BCUT2D eigenvalue weighted by atomic mass is 16.1. The number of fused-ring (bicyclic) bond motifs is 1. The zero-order valence-corrected chi connectivity index (χ0v) is 12.2. The van der Waals surface area contributed by atoms with Crippen LogP contribution in [0.4, 0.5) is 0 Å². The van der Waals surface area contributed by atoms with E-state index in [9.17, 15) is 4.79 Å². The summed E-state index contributed by atoms with van der Waals surface area (Å²) in [5.74, 6) is 0. The minimum atomic E-state index is 0.00789. The van der Waals surface area contributed by atoms with E-state index >= 15 is 0 Å². The van der Waals surface area contributed by atoms with Crippen LogP contribution in [-0.2, 0) is 6.54 Å². The topological polar surface area (TPSA) is 37.6 Å². The molecule has 0 aliphatic heterocycles. The van der Waals surface area contributed by atoms with Gasteiger partial charge in [-0.25, -0.2) is 4.98 Å². The average molecular weight is 271 g/mol. The van der Waals surface area contributed by atoms with Crippen molar-refractivity contribution in [2.75, 3.05) is 7.05 Å². The SMILES string of the molecule is Cc1cccn2c(=O)cc(CN(C)C3CCCC3)nc12. The largest absolute Gasteiger partial charge is 0.298 e. The molecule has 3 rings (SSSR count). The third kappa shape index (κ3) is 2.48. The number of rotatable bonds is 3. The number of aromatic nitrogens is 2. The zero-order valence-electron chi connectivity index (χ0n) is 12.2. The molecule has 0 unspecified atom stereocenters. The van der Waals surface area contributed by atoms with Crippen molar-refractivity contribution in [3.05, 3.63) is 46.0 Å². The van der Waals surface area contributed by atoms with Gasteiger partial charge < -0.3 is 0 Å². The smallest absolute Gasteiger partial charge is 0.258 e. The Balaban J connectivity index is 1.92. The van der Waals surface area contributed by atoms with Crippen LogP contribution in [0.1, 0.15) is 36.9 Å². The van der Waals surface area contributed by atoms with Gasteiger partial charge in [0.05, 0.1) is 5.69 Å². The Morgan fingerprint density at radius 1 is 1.40 bits per heavy atom. The maximum absolute atomic E-state index is 12.2. The Bertz CT molecular complexity index is 671. The Kier molecular flexibility index (Phi) is 3.57. The van der Waals surface area contributed by atoms with E-state index < -0.39 is 0 Å². The van der Waals surface area contributed by atoms with Crippen molar-refractivity contribution >= 4 is 5.65 Å². The van der Waals surface area contributed by atoms with E-state index in [-0.39, 0.29) is 5.56 Å². The van der Waals surface area contributed by atoms with Crippen molar-refractivity contribution in [3.8, 4) is 0 Å². The van der Waals surface area contributed by atoms with Gasteiger partial charge in [0, 0.05) is 24.8 Å². The number of nitrogens with zero attached hydrogens (tertiary/aromatic N) is 3. The quantitative estimate of drug-likeness (QED) is 0.860. The van der Waals surface area contributed by atoms with Crippen LogP contribution in [0.25, 0.3) is 5.65 Å². The highest BCUT2D eigenvalue weighted by Gasteiger charge is 2.20. The van der Waals surface area contributed by atoms with Crippen molar-refractivity contribution < 1.29 is 0 Å². The first-order valence-corrected chi connectivity index (χ1v) is 7.33. The fourth-order valence-electron chi connectivity index (χ4n) is 3.12. The van der Waals surface area contributed by atoms with Crippen LogP contribution in [-0.4, -0.2) is 27.4 Å². The normalized spacial score (nSPS) is 16.4. The highest BCUT2D eigenvalue weighted by Crippen LogP contribution is 2.23. The van der Waals surface area contributed by atoms with Crippen molar-refractivity contribution in [1.82, 2.24) is 14.3 Å². The van der Waals surface area contributed by atoms with Crippen LogP contribution < -0.4 is 5.56 Å². The molecular weight excluding hydrogens is 250 g/mol. The molecule has 4 heteroatoms. The first-order chi connectivity index (χ1) is 9.65. The van der Waals surface area contributed by atoms with Crippen molar-refractivity contribution in [1.29, 1.82) is 0 Å². The molecule has 2 aromatic heterocycles. The standard InChI is InChI=1S/C16H21N3O/c1-12-6-5-9-19-15(20)10-13(17-16(12)19)11-18(2)14-7-3-4-8-14/h5-6,9-10,14H,3-4,7-8,11H2,1-2H3. The van der Waals surface area contributed by atoms with E-state index in [1.54, 1.807) is 16.7 Å². The molecule has 0 bridgehead atoms. The molecule has 1 fully saturated rings. The van der Waals surface area contributed by atoms with E-state index in [1.165, 1.54) is 25.7 Å². The fraction of sp³-hybridized carbons (Fsp3) is 0.500. The molecule has 106 valence electrons. The van der Waals surface area contributed by atoms with Gasteiger partial charge in [0.25, 0.3) is 5.56 Å². The highest BCUT2D eigenvalue weighted by molar-refractivity contribution is 5.46. The van der Waals surface area contributed by atoms with E-state index in [2.05, 4.69) is 16.9 Å². The average Bonchev–Trinajstić information content (AvgIpc) is 2.94. The second-order valence-electron chi connectivity index (χ2n) is 5.82. The summed E-state index contributed by atoms with van der Waals surface area (Å²) in [7, 11) is 2.14. The van der Waals surface area contributed by atoms with Crippen LogP contribution in [0.5, 0.6) is 0 Å². The lowest BCUT2D eigenvalue weighted by molar-refractivity contribution is 0.235. The third-order valence-electron chi connectivity index (χ3n) is 4.30. The van der Waals surface area contributed by atoms with Crippen LogP contribution in [0.2, 0.25) is 0 Å². The molecule has 0 atom stereocenters. The lowest BCUT2D eigenvalue weighted by atomic mass is 10.2. The summed E-state index contributed by atoms with van der Waals surface area (Å²) in [5.41, 5.74) is 2.69. The van der Waals surface area contributed by atoms with E-state index in [0.29, 0.717) is 6.04 Å². The van der Waals surface area contributed by atoms with Gasteiger partial charge in [-0.05, 0) is 38.4 Å². The van der Waals surface area contributed by atoms with Gasteiger partial charge in [0.1, 0.15) is 5.65 Å². The first-order valence-electron chi connectivity index (χ1n) is 7.33. The van der Waals surface area contributed by atoms with Gasteiger partial charge in [0.2, 0.25) is 0 Å². The molecule has 0 radical (unpaired) electrons. The molecule has 1 aliphatic rings. The first kappa shape index (κ1) is 13.3. The van der Waals surface area contributed by atoms with E-state index in [4.69, 9.17) is 0 Å². The van der Waals surface area contributed by atoms with E-state index in [1.807, 2.05) is 19.1 Å². The van der Waals surface area contributed by atoms with Crippen LogP contribution in [0.3, 0.4) is 0 Å². The Labute approximate surface area is 119 Å². The molecule has 0 amide bonds. The van der Waals surface area contributed by atoms with Gasteiger partial charge in [0.15, 0.2) is 0 Å².